The summed E-state index contributed by atoms with van der Waals surface area (Å²) in [6.07, 6.45) is -4.39. The molecule has 6 heteroatoms. The summed E-state index contributed by atoms with van der Waals surface area (Å²) in [6.45, 7) is 0.104. The Morgan fingerprint density at radius 3 is 2.50 bits per heavy atom. The van der Waals surface area contributed by atoms with E-state index in [0.717, 1.165) is 12.1 Å². The van der Waals surface area contributed by atoms with E-state index in [4.69, 9.17) is 0 Å². The number of alkyl halides is 3. The zero-order valence-corrected chi connectivity index (χ0v) is 11.7. The average Bonchev–Trinajstić information content (AvgIpc) is 2.39. The summed E-state index contributed by atoms with van der Waals surface area (Å²) < 4.78 is 51.9. The number of benzene rings is 2. The molecule has 2 rings (SSSR count). The molecule has 0 amide bonds. The number of rotatable bonds is 3. The molecule has 0 spiro atoms. The first-order valence-corrected chi connectivity index (χ1v) is 6.50. The van der Waals surface area contributed by atoms with E-state index in [1.807, 2.05) is 0 Å². The number of hydrogen-bond donors (Lipinski definition) is 1. The maximum atomic E-state index is 13.5. The van der Waals surface area contributed by atoms with Crippen LogP contribution in [0.15, 0.2) is 46.9 Å². The molecule has 0 heterocycles. The van der Waals surface area contributed by atoms with Gasteiger partial charge in [-0.05, 0) is 36.4 Å². The van der Waals surface area contributed by atoms with Crippen molar-refractivity contribution in [2.24, 2.45) is 0 Å². The van der Waals surface area contributed by atoms with Gasteiger partial charge in [-0.2, -0.15) is 13.2 Å². The van der Waals surface area contributed by atoms with Crippen molar-refractivity contribution in [1.82, 2.24) is 0 Å². The Balaban J connectivity index is 2.13. The lowest BCUT2D eigenvalue weighted by atomic mass is 10.1. The second-order valence-electron chi connectivity index (χ2n) is 4.17. The third-order valence-corrected chi connectivity index (χ3v) is 3.17. The fourth-order valence-corrected chi connectivity index (χ4v) is 2.09. The van der Waals surface area contributed by atoms with Crippen LogP contribution in [0.5, 0.6) is 0 Å². The fourth-order valence-electron chi connectivity index (χ4n) is 1.68. The SMILES string of the molecule is Fc1ccc(Br)cc1CNc1cccc(C(F)(F)F)c1. The summed E-state index contributed by atoms with van der Waals surface area (Å²) in [5.74, 6) is -0.410. The minimum absolute atomic E-state index is 0.104. The smallest absolute Gasteiger partial charge is 0.381 e. The average molecular weight is 348 g/mol. The van der Waals surface area contributed by atoms with Crippen LogP contribution in [-0.2, 0) is 12.7 Å². The summed E-state index contributed by atoms with van der Waals surface area (Å²) in [5, 5.41) is 2.78. The third-order valence-electron chi connectivity index (χ3n) is 2.68. The van der Waals surface area contributed by atoms with E-state index in [2.05, 4.69) is 21.2 Å². The quantitative estimate of drug-likeness (QED) is 0.750. The van der Waals surface area contributed by atoms with Gasteiger partial charge in [0.2, 0.25) is 0 Å². The molecule has 0 atom stereocenters. The third kappa shape index (κ3) is 3.72. The molecule has 1 N–H and O–H groups in total. The van der Waals surface area contributed by atoms with Crippen LogP contribution in [0.3, 0.4) is 0 Å². The van der Waals surface area contributed by atoms with Crippen LogP contribution in [-0.4, -0.2) is 0 Å². The van der Waals surface area contributed by atoms with Crippen LogP contribution in [0.25, 0.3) is 0 Å². The van der Waals surface area contributed by atoms with Crippen molar-refractivity contribution in [2.75, 3.05) is 5.32 Å². The van der Waals surface area contributed by atoms with Gasteiger partial charge in [-0.25, -0.2) is 4.39 Å². The van der Waals surface area contributed by atoms with E-state index in [1.165, 1.54) is 18.2 Å². The summed E-state index contributed by atoms with van der Waals surface area (Å²) in [6, 6.07) is 9.24. The first kappa shape index (κ1) is 14.8. The lowest BCUT2D eigenvalue weighted by Crippen LogP contribution is -2.07. The Bertz CT molecular complexity index is 610. The summed E-state index contributed by atoms with van der Waals surface area (Å²) in [7, 11) is 0. The Morgan fingerprint density at radius 1 is 1.05 bits per heavy atom. The maximum absolute atomic E-state index is 13.5. The topological polar surface area (TPSA) is 12.0 Å². The number of nitrogens with one attached hydrogen (secondary N) is 1. The molecule has 0 bridgehead atoms. The van der Waals surface area contributed by atoms with Crippen molar-refractivity contribution in [3.8, 4) is 0 Å². The van der Waals surface area contributed by atoms with Gasteiger partial charge in [0.05, 0.1) is 5.56 Å². The Labute approximate surface area is 121 Å². The van der Waals surface area contributed by atoms with E-state index in [0.29, 0.717) is 15.7 Å². The van der Waals surface area contributed by atoms with Gasteiger partial charge in [-0.1, -0.05) is 22.0 Å². The number of halogens is 5. The molecule has 0 saturated heterocycles. The van der Waals surface area contributed by atoms with E-state index in [-0.39, 0.29) is 6.54 Å². The highest BCUT2D eigenvalue weighted by molar-refractivity contribution is 9.10. The van der Waals surface area contributed by atoms with Crippen molar-refractivity contribution in [3.05, 3.63) is 63.9 Å². The lowest BCUT2D eigenvalue weighted by molar-refractivity contribution is -0.137. The lowest BCUT2D eigenvalue weighted by Gasteiger charge is -2.11. The molecule has 0 aliphatic heterocycles. The molecule has 0 fully saturated rings. The maximum Gasteiger partial charge on any atom is 0.416 e. The molecule has 0 aliphatic rings. The molecule has 20 heavy (non-hydrogen) atoms. The molecule has 0 aliphatic carbocycles. The number of anilines is 1. The van der Waals surface area contributed by atoms with Crippen LogP contribution in [0.4, 0.5) is 23.2 Å². The van der Waals surface area contributed by atoms with Crippen LogP contribution < -0.4 is 5.32 Å². The van der Waals surface area contributed by atoms with Crippen LogP contribution in [0, 0.1) is 5.82 Å². The van der Waals surface area contributed by atoms with Crippen molar-refractivity contribution < 1.29 is 17.6 Å². The van der Waals surface area contributed by atoms with E-state index >= 15 is 0 Å². The molecule has 1 nitrogen and oxygen atoms in total. The first-order chi connectivity index (χ1) is 9.36. The Kier molecular flexibility index (Phi) is 4.32. The highest BCUT2D eigenvalue weighted by atomic mass is 79.9. The first-order valence-electron chi connectivity index (χ1n) is 5.71. The molecule has 0 unspecified atom stereocenters. The molecule has 106 valence electrons. The van der Waals surface area contributed by atoms with Gasteiger partial charge in [0.1, 0.15) is 5.82 Å². The molecule has 0 saturated carbocycles. The molecular formula is C14H10BrF4N. The van der Waals surface area contributed by atoms with Crippen LogP contribution in [0.1, 0.15) is 11.1 Å². The van der Waals surface area contributed by atoms with Crippen molar-refractivity contribution in [2.45, 2.75) is 12.7 Å². The highest BCUT2D eigenvalue weighted by Gasteiger charge is 2.30. The zero-order chi connectivity index (χ0) is 14.8. The second kappa shape index (κ2) is 5.83. The molecule has 2 aromatic rings. The van der Waals surface area contributed by atoms with Gasteiger partial charge in [0, 0.05) is 22.3 Å². The van der Waals surface area contributed by atoms with E-state index < -0.39 is 17.6 Å². The molecule has 0 aromatic heterocycles. The predicted molar refractivity (Wildman–Crippen MR) is 72.9 cm³/mol. The molecular weight excluding hydrogens is 338 g/mol. The van der Waals surface area contributed by atoms with Gasteiger partial charge < -0.3 is 5.32 Å². The van der Waals surface area contributed by atoms with Crippen molar-refractivity contribution in [1.29, 1.82) is 0 Å². The largest absolute Gasteiger partial charge is 0.416 e. The van der Waals surface area contributed by atoms with Crippen LogP contribution >= 0.6 is 15.9 Å². The van der Waals surface area contributed by atoms with Crippen molar-refractivity contribution in [3.63, 3.8) is 0 Å². The summed E-state index contributed by atoms with van der Waals surface area (Å²) in [5.41, 5.74) is -0.0757. The zero-order valence-electron chi connectivity index (χ0n) is 10.1. The van der Waals surface area contributed by atoms with Gasteiger partial charge in [0.25, 0.3) is 0 Å². The second-order valence-corrected chi connectivity index (χ2v) is 5.08. The van der Waals surface area contributed by atoms with Gasteiger partial charge in [-0.3, -0.25) is 0 Å². The molecule has 0 radical (unpaired) electrons. The van der Waals surface area contributed by atoms with Gasteiger partial charge in [-0.15, -0.1) is 0 Å². The monoisotopic (exact) mass is 347 g/mol. The van der Waals surface area contributed by atoms with Crippen LogP contribution in [0.2, 0.25) is 0 Å². The normalized spacial score (nSPS) is 11.4. The number of hydrogen-bond acceptors (Lipinski definition) is 1. The minimum Gasteiger partial charge on any atom is -0.381 e. The summed E-state index contributed by atoms with van der Waals surface area (Å²) >= 11 is 3.22. The highest BCUT2D eigenvalue weighted by Crippen LogP contribution is 2.30. The van der Waals surface area contributed by atoms with E-state index in [9.17, 15) is 17.6 Å². The van der Waals surface area contributed by atoms with Gasteiger partial charge in [0.15, 0.2) is 0 Å². The Morgan fingerprint density at radius 2 is 1.80 bits per heavy atom. The predicted octanol–water partition coefficient (Wildman–Crippen LogP) is 5.22. The summed E-state index contributed by atoms with van der Waals surface area (Å²) in [4.78, 5) is 0. The Hall–Kier alpha value is -1.56. The minimum atomic E-state index is -4.39. The van der Waals surface area contributed by atoms with Crippen molar-refractivity contribution >= 4 is 21.6 Å². The van der Waals surface area contributed by atoms with E-state index in [1.54, 1.807) is 12.1 Å². The van der Waals surface area contributed by atoms with Gasteiger partial charge >= 0.3 is 6.18 Å². The fraction of sp³-hybridized carbons (Fsp3) is 0.143. The standard InChI is InChI=1S/C14H10BrF4N/c15-11-4-5-13(16)9(6-11)8-20-12-3-1-2-10(7-12)14(17,18)19/h1-7,20H,8H2. The molecule has 2 aromatic carbocycles.